The third kappa shape index (κ3) is 5.30. The second-order valence-electron chi connectivity index (χ2n) is 5.31. The lowest BCUT2D eigenvalue weighted by Crippen LogP contribution is -2.38. The van der Waals surface area contributed by atoms with Gasteiger partial charge >= 0.3 is 5.97 Å². The lowest BCUT2D eigenvalue weighted by molar-refractivity contribution is -0.137. The number of phenols is 1. The van der Waals surface area contributed by atoms with Crippen LogP contribution in [0.4, 0.5) is 0 Å². The van der Waals surface area contributed by atoms with E-state index in [4.69, 9.17) is 5.11 Å². The predicted octanol–water partition coefficient (Wildman–Crippen LogP) is 2.37. The highest BCUT2D eigenvalue weighted by Gasteiger charge is 2.19. The zero-order chi connectivity index (χ0) is 14.4. The molecule has 2 N–H and O–H groups in total. The van der Waals surface area contributed by atoms with Crippen molar-refractivity contribution in [2.45, 2.75) is 32.7 Å². The van der Waals surface area contributed by atoms with E-state index in [-0.39, 0.29) is 12.2 Å². The van der Waals surface area contributed by atoms with Crippen LogP contribution in [0.1, 0.15) is 25.8 Å². The van der Waals surface area contributed by atoms with Crippen LogP contribution in [0.3, 0.4) is 0 Å². The minimum absolute atomic E-state index is 0.162. The summed E-state index contributed by atoms with van der Waals surface area (Å²) in [6.07, 6.45) is 1.02. The van der Waals surface area contributed by atoms with Gasteiger partial charge in [-0.05, 0) is 37.1 Å². The second-order valence-corrected chi connectivity index (χ2v) is 5.31. The summed E-state index contributed by atoms with van der Waals surface area (Å²) in [5.74, 6) is -0.0596. The highest BCUT2D eigenvalue weighted by atomic mass is 16.4. The first kappa shape index (κ1) is 15.5. The summed E-state index contributed by atoms with van der Waals surface area (Å²) in [5.41, 5.74) is 1.15. The molecule has 0 fully saturated rings. The van der Waals surface area contributed by atoms with E-state index in [0.717, 1.165) is 12.0 Å². The number of carboxylic acid groups (broad SMARTS) is 1. The number of aromatic hydroxyl groups is 1. The first-order chi connectivity index (χ1) is 8.90. The number of phenolic OH excluding ortho intramolecular Hbond substituents is 1. The van der Waals surface area contributed by atoms with Crippen molar-refractivity contribution in [1.29, 1.82) is 0 Å². The lowest BCUT2D eigenvalue weighted by atomic mass is 9.95. The molecule has 0 saturated carbocycles. The standard InChI is InChI=1S/C15H23NO3/c1-11(2)14(16(3)9-8-15(18)19)10-12-4-6-13(17)7-5-12/h4-7,11,14,17H,8-10H2,1-3H3,(H,18,19). The third-order valence-corrected chi connectivity index (χ3v) is 3.40. The van der Waals surface area contributed by atoms with E-state index >= 15 is 0 Å². The van der Waals surface area contributed by atoms with Gasteiger partial charge in [-0.1, -0.05) is 26.0 Å². The molecule has 0 aliphatic carbocycles. The molecular formula is C15H23NO3. The summed E-state index contributed by atoms with van der Waals surface area (Å²) >= 11 is 0. The Morgan fingerprint density at radius 2 is 1.84 bits per heavy atom. The molecule has 106 valence electrons. The number of rotatable bonds is 7. The summed E-state index contributed by atoms with van der Waals surface area (Å²) in [5, 5.41) is 18.0. The number of carboxylic acids is 1. The Kier molecular flexibility index (Phi) is 5.83. The normalized spacial score (nSPS) is 12.9. The van der Waals surface area contributed by atoms with E-state index in [9.17, 15) is 9.90 Å². The molecule has 1 rings (SSSR count). The van der Waals surface area contributed by atoms with Gasteiger partial charge in [0.05, 0.1) is 6.42 Å². The highest BCUT2D eigenvalue weighted by molar-refractivity contribution is 5.66. The monoisotopic (exact) mass is 265 g/mol. The molecule has 0 spiro atoms. The van der Waals surface area contributed by atoms with Crippen molar-refractivity contribution in [2.75, 3.05) is 13.6 Å². The molecule has 1 atom stereocenters. The molecule has 0 amide bonds. The molecule has 0 aromatic heterocycles. The van der Waals surface area contributed by atoms with Gasteiger partial charge in [0.1, 0.15) is 5.75 Å². The molecule has 1 unspecified atom stereocenters. The van der Waals surface area contributed by atoms with Gasteiger partial charge < -0.3 is 15.1 Å². The quantitative estimate of drug-likeness (QED) is 0.794. The van der Waals surface area contributed by atoms with Crippen molar-refractivity contribution in [3.8, 4) is 5.75 Å². The molecule has 4 nitrogen and oxygen atoms in total. The molecule has 0 radical (unpaired) electrons. The summed E-state index contributed by atoms with van der Waals surface area (Å²) in [6, 6.07) is 7.49. The van der Waals surface area contributed by atoms with E-state index < -0.39 is 5.97 Å². The molecule has 19 heavy (non-hydrogen) atoms. The zero-order valence-corrected chi connectivity index (χ0v) is 11.8. The van der Waals surface area contributed by atoms with Crippen LogP contribution >= 0.6 is 0 Å². The minimum Gasteiger partial charge on any atom is -0.508 e. The molecular weight excluding hydrogens is 242 g/mol. The fourth-order valence-corrected chi connectivity index (χ4v) is 2.21. The SMILES string of the molecule is CC(C)C(Cc1ccc(O)cc1)N(C)CCC(=O)O. The average molecular weight is 265 g/mol. The minimum atomic E-state index is -0.765. The first-order valence-corrected chi connectivity index (χ1v) is 6.60. The maximum Gasteiger partial charge on any atom is 0.304 e. The van der Waals surface area contributed by atoms with E-state index in [0.29, 0.717) is 18.5 Å². The smallest absolute Gasteiger partial charge is 0.304 e. The van der Waals surface area contributed by atoms with Gasteiger partial charge in [0, 0.05) is 12.6 Å². The van der Waals surface area contributed by atoms with Crippen molar-refractivity contribution in [2.24, 2.45) is 5.92 Å². The Labute approximate surface area is 114 Å². The summed E-state index contributed by atoms with van der Waals surface area (Å²) < 4.78 is 0. The van der Waals surface area contributed by atoms with Crippen molar-refractivity contribution in [3.05, 3.63) is 29.8 Å². The molecule has 1 aromatic rings. The van der Waals surface area contributed by atoms with Crippen LogP contribution in [-0.4, -0.2) is 40.7 Å². The number of aliphatic carboxylic acids is 1. The maximum absolute atomic E-state index is 10.6. The Hall–Kier alpha value is -1.55. The van der Waals surface area contributed by atoms with Crippen molar-refractivity contribution >= 4 is 5.97 Å². The first-order valence-electron chi connectivity index (χ1n) is 6.60. The van der Waals surface area contributed by atoms with Gasteiger partial charge in [-0.25, -0.2) is 0 Å². The van der Waals surface area contributed by atoms with Crippen LogP contribution in [0.2, 0.25) is 0 Å². The second kappa shape index (κ2) is 7.14. The summed E-state index contributed by atoms with van der Waals surface area (Å²) in [6.45, 7) is 4.83. The van der Waals surface area contributed by atoms with E-state index in [1.807, 2.05) is 19.2 Å². The number of carbonyl (C=O) groups is 1. The maximum atomic E-state index is 10.6. The van der Waals surface area contributed by atoms with E-state index in [1.54, 1.807) is 12.1 Å². The lowest BCUT2D eigenvalue weighted by Gasteiger charge is -2.31. The molecule has 4 heteroatoms. The Bertz CT molecular complexity index is 400. The fourth-order valence-electron chi connectivity index (χ4n) is 2.21. The van der Waals surface area contributed by atoms with Gasteiger partial charge in [-0.15, -0.1) is 0 Å². The van der Waals surface area contributed by atoms with Crippen LogP contribution in [0, 0.1) is 5.92 Å². The number of likely N-dealkylation sites (N-methyl/N-ethyl adjacent to an activating group) is 1. The van der Waals surface area contributed by atoms with Gasteiger partial charge in [0.15, 0.2) is 0 Å². The van der Waals surface area contributed by atoms with E-state index in [1.165, 1.54) is 0 Å². The van der Waals surface area contributed by atoms with Crippen LogP contribution in [-0.2, 0) is 11.2 Å². The van der Waals surface area contributed by atoms with Gasteiger partial charge in [0.25, 0.3) is 0 Å². The number of benzene rings is 1. The van der Waals surface area contributed by atoms with Crippen molar-refractivity contribution in [1.82, 2.24) is 4.90 Å². The molecule has 0 aliphatic rings. The predicted molar refractivity (Wildman–Crippen MR) is 75.3 cm³/mol. The Morgan fingerprint density at radius 3 is 2.32 bits per heavy atom. The molecule has 0 bridgehead atoms. The number of nitrogens with zero attached hydrogens (tertiary/aromatic N) is 1. The van der Waals surface area contributed by atoms with Gasteiger partial charge in [-0.2, -0.15) is 0 Å². The number of hydrogen-bond donors (Lipinski definition) is 2. The van der Waals surface area contributed by atoms with Crippen LogP contribution in [0.25, 0.3) is 0 Å². The largest absolute Gasteiger partial charge is 0.508 e. The van der Waals surface area contributed by atoms with Gasteiger partial charge in [-0.3, -0.25) is 4.79 Å². The van der Waals surface area contributed by atoms with E-state index in [2.05, 4.69) is 18.7 Å². The topological polar surface area (TPSA) is 60.8 Å². The van der Waals surface area contributed by atoms with Crippen molar-refractivity contribution < 1.29 is 15.0 Å². The summed E-state index contributed by atoms with van der Waals surface area (Å²) in [4.78, 5) is 12.7. The Balaban J connectivity index is 2.66. The fraction of sp³-hybridized carbons (Fsp3) is 0.533. The average Bonchev–Trinajstić information content (AvgIpc) is 2.34. The molecule has 0 heterocycles. The third-order valence-electron chi connectivity index (χ3n) is 3.40. The van der Waals surface area contributed by atoms with Gasteiger partial charge in [0.2, 0.25) is 0 Å². The highest BCUT2D eigenvalue weighted by Crippen LogP contribution is 2.18. The number of hydrogen-bond acceptors (Lipinski definition) is 3. The van der Waals surface area contributed by atoms with Crippen LogP contribution in [0.15, 0.2) is 24.3 Å². The van der Waals surface area contributed by atoms with Crippen LogP contribution < -0.4 is 0 Å². The molecule has 1 aromatic carbocycles. The van der Waals surface area contributed by atoms with Crippen LogP contribution in [0.5, 0.6) is 5.75 Å². The summed E-state index contributed by atoms with van der Waals surface area (Å²) in [7, 11) is 1.97. The van der Waals surface area contributed by atoms with Crippen molar-refractivity contribution in [3.63, 3.8) is 0 Å². The zero-order valence-electron chi connectivity index (χ0n) is 11.8. The molecule has 0 aliphatic heterocycles. The Morgan fingerprint density at radius 1 is 1.26 bits per heavy atom. The molecule has 0 saturated heterocycles.